The van der Waals surface area contributed by atoms with Gasteiger partial charge in [0.25, 0.3) is 0 Å². The maximum Gasteiger partial charge on any atom is 0.120 e. The van der Waals surface area contributed by atoms with Gasteiger partial charge in [-0.05, 0) is 53.9 Å². The summed E-state index contributed by atoms with van der Waals surface area (Å²) in [4.78, 5) is 0. The summed E-state index contributed by atoms with van der Waals surface area (Å²) in [5.74, 6) is 1.78. The summed E-state index contributed by atoms with van der Waals surface area (Å²) < 4.78 is 11.1. The zero-order chi connectivity index (χ0) is 17.3. The number of anilines is 1. The Morgan fingerprint density at radius 2 is 1.52 bits per heavy atom. The second-order valence-electron chi connectivity index (χ2n) is 5.83. The van der Waals surface area contributed by atoms with Gasteiger partial charge in [-0.15, -0.1) is 0 Å². The van der Waals surface area contributed by atoms with Gasteiger partial charge in [0.15, 0.2) is 0 Å². The van der Waals surface area contributed by atoms with Gasteiger partial charge in [-0.1, -0.05) is 42.5 Å². The van der Waals surface area contributed by atoms with E-state index in [0.717, 1.165) is 30.2 Å². The van der Waals surface area contributed by atoms with Crippen LogP contribution in [0.5, 0.6) is 11.5 Å². The number of hydrogen-bond acceptors (Lipinski definition) is 3. The molecule has 0 aliphatic carbocycles. The summed E-state index contributed by atoms with van der Waals surface area (Å²) in [6.45, 7) is 1.46. The van der Waals surface area contributed by atoms with Gasteiger partial charge in [0.05, 0.1) is 7.11 Å². The predicted molar refractivity (Wildman–Crippen MR) is 102 cm³/mol. The normalized spacial score (nSPS) is 10.3. The van der Waals surface area contributed by atoms with Crippen molar-refractivity contribution in [2.45, 2.75) is 13.0 Å². The van der Waals surface area contributed by atoms with Crippen molar-refractivity contribution >= 4 is 5.69 Å². The molecule has 0 saturated carbocycles. The first-order valence-corrected chi connectivity index (χ1v) is 8.47. The fourth-order valence-corrected chi connectivity index (χ4v) is 2.59. The lowest BCUT2D eigenvalue weighted by Crippen LogP contribution is -2.05. The van der Waals surface area contributed by atoms with Crippen molar-refractivity contribution in [1.29, 1.82) is 0 Å². The van der Waals surface area contributed by atoms with E-state index in [1.165, 1.54) is 11.1 Å². The Balaban J connectivity index is 1.49. The number of nitrogens with one attached hydrogen (secondary N) is 1. The molecule has 0 saturated heterocycles. The third-order valence-corrected chi connectivity index (χ3v) is 3.98. The molecular weight excluding hydrogens is 310 g/mol. The molecule has 0 spiro atoms. The maximum atomic E-state index is 5.89. The van der Waals surface area contributed by atoms with Crippen LogP contribution in [-0.2, 0) is 13.0 Å². The van der Waals surface area contributed by atoms with Crippen LogP contribution in [0.4, 0.5) is 5.69 Å². The van der Waals surface area contributed by atoms with Crippen LogP contribution in [0.15, 0.2) is 78.9 Å². The second kappa shape index (κ2) is 8.78. The van der Waals surface area contributed by atoms with Crippen molar-refractivity contribution in [3.63, 3.8) is 0 Å². The Bertz CT molecular complexity index is 770. The Morgan fingerprint density at radius 1 is 0.760 bits per heavy atom. The average Bonchev–Trinajstić information content (AvgIpc) is 2.68. The first-order valence-electron chi connectivity index (χ1n) is 8.47. The number of methoxy groups -OCH3 is 1. The minimum absolute atomic E-state index is 0.592. The highest BCUT2D eigenvalue weighted by atomic mass is 16.5. The molecule has 3 heteroatoms. The third-order valence-electron chi connectivity index (χ3n) is 3.98. The highest BCUT2D eigenvalue weighted by Gasteiger charge is 1.99. The molecule has 1 N–H and O–H groups in total. The van der Waals surface area contributed by atoms with Gasteiger partial charge < -0.3 is 14.8 Å². The first kappa shape index (κ1) is 16.9. The van der Waals surface area contributed by atoms with Crippen LogP contribution in [0.3, 0.4) is 0 Å². The summed E-state index contributed by atoms with van der Waals surface area (Å²) in [5, 5.41) is 3.43. The molecule has 0 atom stereocenters. The lowest BCUT2D eigenvalue weighted by molar-refractivity contribution is 0.306. The molecule has 0 aliphatic rings. The molecule has 0 fully saturated rings. The number of rotatable bonds is 8. The van der Waals surface area contributed by atoms with Gasteiger partial charge in [-0.3, -0.25) is 0 Å². The molecule has 0 radical (unpaired) electrons. The van der Waals surface area contributed by atoms with Crippen molar-refractivity contribution < 1.29 is 9.47 Å². The predicted octanol–water partition coefficient (Wildman–Crippen LogP) is 4.93. The summed E-state index contributed by atoms with van der Waals surface area (Å²) >= 11 is 0. The topological polar surface area (TPSA) is 30.5 Å². The fraction of sp³-hybridized carbons (Fsp3) is 0.182. The van der Waals surface area contributed by atoms with Crippen molar-refractivity contribution in [3.8, 4) is 11.5 Å². The average molecular weight is 333 g/mol. The molecule has 0 amide bonds. The van der Waals surface area contributed by atoms with E-state index in [-0.39, 0.29) is 0 Å². The van der Waals surface area contributed by atoms with Gasteiger partial charge in [0.1, 0.15) is 18.1 Å². The second-order valence-corrected chi connectivity index (χ2v) is 5.83. The Kier molecular flexibility index (Phi) is 5.94. The molecule has 0 unspecified atom stereocenters. The molecule has 0 heterocycles. The molecule has 0 aliphatic heterocycles. The smallest absolute Gasteiger partial charge is 0.120 e. The summed E-state index contributed by atoms with van der Waals surface area (Å²) in [6, 6.07) is 26.5. The molecule has 25 heavy (non-hydrogen) atoms. The van der Waals surface area contributed by atoms with Crippen LogP contribution in [0.1, 0.15) is 11.1 Å². The van der Waals surface area contributed by atoms with Crippen molar-refractivity contribution in [1.82, 2.24) is 0 Å². The van der Waals surface area contributed by atoms with Crippen LogP contribution < -0.4 is 14.8 Å². The molecule has 3 rings (SSSR count). The lowest BCUT2D eigenvalue weighted by atomic mass is 10.1. The quantitative estimate of drug-likeness (QED) is 0.634. The number of hydrogen-bond donors (Lipinski definition) is 1. The summed E-state index contributed by atoms with van der Waals surface area (Å²) in [7, 11) is 1.68. The zero-order valence-electron chi connectivity index (χ0n) is 14.4. The van der Waals surface area contributed by atoms with Gasteiger partial charge in [-0.2, -0.15) is 0 Å². The van der Waals surface area contributed by atoms with Crippen LogP contribution in [0.2, 0.25) is 0 Å². The van der Waals surface area contributed by atoms with E-state index in [4.69, 9.17) is 9.47 Å². The minimum Gasteiger partial charge on any atom is -0.497 e. The maximum absolute atomic E-state index is 5.89. The highest BCUT2D eigenvalue weighted by molar-refractivity contribution is 5.46. The van der Waals surface area contributed by atoms with E-state index in [1.54, 1.807) is 7.11 Å². The molecular formula is C22H23NO2. The molecule has 0 bridgehead atoms. The van der Waals surface area contributed by atoms with Crippen molar-refractivity contribution in [2.24, 2.45) is 0 Å². The number of ether oxygens (including phenoxy) is 2. The molecule has 3 aromatic carbocycles. The lowest BCUT2D eigenvalue weighted by Gasteiger charge is -2.10. The van der Waals surface area contributed by atoms with Crippen LogP contribution in [0, 0.1) is 0 Å². The summed E-state index contributed by atoms with van der Waals surface area (Å²) in [6.07, 6.45) is 0.939. The highest BCUT2D eigenvalue weighted by Crippen LogP contribution is 2.17. The fourth-order valence-electron chi connectivity index (χ4n) is 2.59. The molecule has 128 valence electrons. The molecule has 3 aromatic rings. The van der Waals surface area contributed by atoms with E-state index < -0.39 is 0 Å². The van der Waals surface area contributed by atoms with Crippen LogP contribution >= 0.6 is 0 Å². The Hall–Kier alpha value is -2.94. The molecule has 3 nitrogen and oxygen atoms in total. The largest absolute Gasteiger partial charge is 0.497 e. The monoisotopic (exact) mass is 333 g/mol. The standard InChI is InChI=1S/C22H23NO2/c1-24-21-12-10-20(11-13-21)23-15-14-18-8-5-9-22(16-18)25-17-19-6-3-2-4-7-19/h2-13,16,23H,14-15,17H2,1H3. The van der Waals surface area contributed by atoms with Crippen molar-refractivity contribution in [2.75, 3.05) is 19.0 Å². The van der Waals surface area contributed by atoms with Crippen LogP contribution in [-0.4, -0.2) is 13.7 Å². The Labute approximate surface area is 149 Å². The van der Waals surface area contributed by atoms with Crippen LogP contribution in [0.25, 0.3) is 0 Å². The van der Waals surface area contributed by atoms with E-state index >= 15 is 0 Å². The molecule has 0 aromatic heterocycles. The number of benzene rings is 3. The Morgan fingerprint density at radius 3 is 2.28 bits per heavy atom. The van der Waals surface area contributed by atoms with Gasteiger partial charge >= 0.3 is 0 Å². The van der Waals surface area contributed by atoms with Gasteiger partial charge in [0, 0.05) is 12.2 Å². The van der Waals surface area contributed by atoms with Crippen molar-refractivity contribution in [3.05, 3.63) is 90.0 Å². The van der Waals surface area contributed by atoms with E-state index in [2.05, 4.69) is 29.6 Å². The SMILES string of the molecule is COc1ccc(NCCc2cccc(OCc3ccccc3)c2)cc1. The zero-order valence-corrected chi connectivity index (χ0v) is 14.4. The minimum atomic E-state index is 0.592. The van der Waals surface area contributed by atoms with E-state index in [1.807, 2.05) is 54.6 Å². The van der Waals surface area contributed by atoms with Gasteiger partial charge in [-0.25, -0.2) is 0 Å². The third kappa shape index (κ3) is 5.28. The summed E-state index contributed by atoms with van der Waals surface area (Å²) in [5.41, 5.74) is 3.53. The van der Waals surface area contributed by atoms with E-state index in [0.29, 0.717) is 6.61 Å². The van der Waals surface area contributed by atoms with Gasteiger partial charge in [0.2, 0.25) is 0 Å². The first-order chi connectivity index (χ1) is 12.3. The van der Waals surface area contributed by atoms with E-state index in [9.17, 15) is 0 Å².